The quantitative estimate of drug-likeness (QED) is 0.616. The van der Waals surface area contributed by atoms with Crippen LogP contribution in [0.3, 0.4) is 0 Å². The van der Waals surface area contributed by atoms with Crippen molar-refractivity contribution < 1.29 is 19.1 Å². The fourth-order valence-electron chi connectivity index (χ4n) is 3.40. The number of hydrogen-bond donors (Lipinski definition) is 0. The summed E-state index contributed by atoms with van der Waals surface area (Å²) in [6.07, 6.45) is 0.700. The summed E-state index contributed by atoms with van der Waals surface area (Å²) in [6.45, 7) is 0.570. The Bertz CT molecular complexity index is 1040. The van der Waals surface area contributed by atoms with Crippen LogP contribution in [0.4, 0.5) is 5.69 Å². The minimum Gasteiger partial charge on any atom is -0.495 e. The van der Waals surface area contributed by atoms with E-state index in [1.165, 1.54) is 18.4 Å². The minimum absolute atomic E-state index is 0.0893. The second-order valence-electron chi connectivity index (χ2n) is 6.42. The zero-order chi connectivity index (χ0) is 19.7. The lowest BCUT2D eigenvalue weighted by atomic mass is 10.1. The number of rotatable bonds is 4. The summed E-state index contributed by atoms with van der Waals surface area (Å²) in [6, 6.07) is 17.1. The summed E-state index contributed by atoms with van der Waals surface area (Å²) in [5, 5.41) is 0. The molecule has 0 saturated carbocycles. The van der Waals surface area contributed by atoms with Crippen molar-refractivity contribution in [1.29, 1.82) is 0 Å². The van der Waals surface area contributed by atoms with Crippen molar-refractivity contribution in [2.24, 2.45) is 0 Å². The summed E-state index contributed by atoms with van der Waals surface area (Å²) < 4.78 is 10.3. The van der Waals surface area contributed by atoms with Gasteiger partial charge in [0.25, 0.3) is 5.91 Å². The predicted octanol–water partition coefficient (Wildman–Crippen LogP) is 4.41. The molecule has 0 fully saturated rings. The maximum Gasteiger partial charge on any atom is 0.337 e. The van der Waals surface area contributed by atoms with Gasteiger partial charge in [0, 0.05) is 17.1 Å². The first kappa shape index (κ1) is 18.3. The number of carbonyl (C=O) groups excluding carboxylic acids is 2. The third-order valence-electron chi connectivity index (χ3n) is 4.81. The molecule has 1 aliphatic heterocycles. The van der Waals surface area contributed by atoms with E-state index in [1.807, 2.05) is 42.5 Å². The first-order valence-electron chi connectivity index (χ1n) is 8.88. The number of esters is 1. The summed E-state index contributed by atoms with van der Waals surface area (Å²) in [5.41, 5.74) is 3.34. The van der Waals surface area contributed by atoms with Crippen LogP contribution in [-0.2, 0) is 11.2 Å². The van der Waals surface area contributed by atoms with Crippen molar-refractivity contribution in [2.75, 3.05) is 25.7 Å². The molecule has 2 aromatic carbocycles. The highest BCUT2D eigenvalue weighted by Gasteiger charge is 2.30. The van der Waals surface area contributed by atoms with Crippen molar-refractivity contribution in [2.45, 2.75) is 6.42 Å². The monoisotopic (exact) mass is 393 g/mol. The van der Waals surface area contributed by atoms with Crippen molar-refractivity contribution in [3.63, 3.8) is 0 Å². The van der Waals surface area contributed by atoms with Gasteiger partial charge in [-0.25, -0.2) is 4.79 Å². The van der Waals surface area contributed by atoms with Gasteiger partial charge in [0.1, 0.15) is 10.6 Å². The standard InChI is InChI=1S/C22H19NO4S/c1-26-18-13-19(14-6-4-3-5-7-14)28-20(18)21(24)23-11-10-15-12-16(22(25)27-2)8-9-17(15)23/h3-9,12-13H,10-11H2,1-2H3. The Morgan fingerprint density at radius 1 is 1.04 bits per heavy atom. The Morgan fingerprint density at radius 3 is 2.54 bits per heavy atom. The Balaban J connectivity index is 1.67. The fourth-order valence-corrected chi connectivity index (χ4v) is 4.48. The van der Waals surface area contributed by atoms with E-state index in [4.69, 9.17) is 9.47 Å². The van der Waals surface area contributed by atoms with E-state index in [9.17, 15) is 9.59 Å². The zero-order valence-corrected chi connectivity index (χ0v) is 16.4. The molecule has 0 spiro atoms. The van der Waals surface area contributed by atoms with Crippen LogP contribution in [0.15, 0.2) is 54.6 Å². The van der Waals surface area contributed by atoms with E-state index < -0.39 is 0 Å². The summed E-state index contributed by atoms with van der Waals surface area (Å²) in [5.74, 6) is 0.113. The van der Waals surface area contributed by atoms with Crippen LogP contribution < -0.4 is 9.64 Å². The van der Waals surface area contributed by atoms with E-state index in [1.54, 1.807) is 24.1 Å². The predicted molar refractivity (Wildman–Crippen MR) is 109 cm³/mol. The normalized spacial score (nSPS) is 12.6. The van der Waals surface area contributed by atoms with E-state index in [-0.39, 0.29) is 11.9 Å². The molecule has 0 unspecified atom stereocenters. The molecule has 0 radical (unpaired) electrons. The molecule has 0 aliphatic carbocycles. The average Bonchev–Trinajstić information content (AvgIpc) is 3.37. The van der Waals surface area contributed by atoms with Crippen molar-refractivity contribution in [3.05, 3.63) is 70.6 Å². The second-order valence-corrected chi connectivity index (χ2v) is 7.47. The average molecular weight is 393 g/mol. The topological polar surface area (TPSA) is 55.8 Å². The molecule has 4 rings (SSSR count). The molecule has 142 valence electrons. The number of anilines is 1. The Kier molecular flexibility index (Phi) is 4.88. The Morgan fingerprint density at radius 2 is 1.82 bits per heavy atom. The van der Waals surface area contributed by atoms with E-state index in [0.717, 1.165) is 21.7 Å². The number of amides is 1. The molecule has 1 aromatic heterocycles. The van der Waals surface area contributed by atoms with Gasteiger partial charge in [-0.1, -0.05) is 30.3 Å². The van der Waals surface area contributed by atoms with Gasteiger partial charge >= 0.3 is 5.97 Å². The van der Waals surface area contributed by atoms with Gasteiger partial charge in [-0.05, 0) is 41.8 Å². The Labute approximate surface area is 167 Å². The minimum atomic E-state index is -0.375. The number of thiophene rings is 1. The van der Waals surface area contributed by atoms with Gasteiger partial charge in [0.2, 0.25) is 0 Å². The maximum absolute atomic E-state index is 13.3. The number of methoxy groups -OCH3 is 2. The van der Waals surface area contributed by atoms with Crippen LogP contribution in [0.25, 0.3) is 10.4 Å². The van der Waals surface area contributed by atoms with Crippen LogP contribution >= 0.6 is 11.3 Å². The second kappa shape index (κ2) is 7.48. The first-order chi connectivity index (χ1) is 13.6. The van der Waals surface area contributed by atoms with Gasteiger partial charge < -0.3 is 14.4 Å². The van der Waals surface area contributed by atoms with Crippen LogP contribution in [-0.4, -0.2) is 32.6 Å². The third-order valence-corrected chi connectivity index (χ3v) is 5.97. The molecule has 0 saturated heterocycles. The van der Waals surface area contributed by atoms with Crippen molar-refractivity contribution in [1.82, 2.24) is 0 Å². The molecule has 0 bridgehead atoms. The molecule has 3 aromatic rings. The molecule has 0 N–H and O–H groups in total. The molecule has 1 aliphatic rings. The number of fused-ring (bicyclic) bond motifs is 1. The lowest BCUT2D eigenvalue weighted by Crippen LogP contribution is -2.28. The number of carbonyl (C=O) groups is 2. The van der Waals surface area contributed by atoms with E-state index in [0.29, 0.717) is 29.2 Å². The first-order valence-corrected chi connectivity index (χ1v) is 9.70. The number of benzene rings is 2. The molecule has 2 heterocycles. The molecule has 1 amide bonds. The van der Waals surface area contributed by atoms with Crippen LogP contribution in [0.5, 0.6) is 5.75 Å². The van der Waals surface area contributed by atoms with Gasteiger partial charge in [-0.3, -0.25) is 4.79 Å². The zero-order valence-electron chi connectivity index (χ0n) is 15.6. The molecular weight excluding hydrogens is 374 g/mol. The highest BCUT2D eigenvalue weighted by atomic mass is 32.1. The molecule has 28 heavy (non-hydrogen) atoms. The SMILES string of the molecule is COC(=O)c1ccc2c(c1)CCN2C(=O)c1sc(-c2ccccc2)cc1OC. The molecule has 6 heteroatoms. The lowest BCUT2D eigenvalue weighted by molar-refractivity contribution is 0.0600. The molecule has 5 nitrogen and oxygen atoms in total. The Hall–Kier alpha value is -3.12. The van der Waals surface area contributed by atoms with Crippen LogP contribution in [0, 0.1) is 0 Å². The summed E-state index contributed by atoms with van der Waals surface area (Å²) in [7, 11) is 2.94. The van der Waals surface area contributed by atoms with Gasteiger partial charge in [0.05, 0.1) is 19.8 Å². The smallest absolute Gasteiger partial charge is 0.337 e. The summed E-state index contributed by atoms with van der Waals surface area (Å²) in [4.78, 5) is 28.3. The summed E-state index contributed by atoms with van der Waals surface area (Å²) >= 11 is 1.43. The number of ether oxygens (including phenoxy) is 2. The van der Waals surface area contributed by atoms with Crippen molar-refractivity contribution in [3.8, 4) is 16.2 Å². The van der Waals surface area contributed by atoms with Gasteiger partial charge in [0.15, 0.2) is 0 Å². The van der Waals surface area contributed by atoms with Gasteiger partial charge in [-0.15, -0.1) is 11.3 Å². The van der Waals surface area contributed by atoms with E-state index >= 15 is 0 Å². The lowest BCUT2D eigenvalue weighted by Gasteiger charge is -2.17. The fraction of sp³-hybridized carbons (Fsp3) is 0.182. The third kappa shape index (κ3) is 3.16. The number of nitrogens with zero attached hydrogens (tertiary/aromatic N) is 1. The largest absolute Gasteiger partial charge is 0.495 e. The van der Waals surface area contributed by atoms with Gasteiger partial charge in [-0.2, -0.15) is 0 Å². The molecular formula is C22H19NO4S. The molecule has 0 atom stereocenters. The van der Waals surface area contributed by atoms with Crippen LogP contribution in [0.2, 0.25) is 0 Å². The van der Waals surface area contributed by atoms with E-state index in [2.05, 4.69) is 0 Å². The number of hydrogen-bond acceptors (Lipinski definition) is 5. The maximum atomic E-state index is 13.3. The highest BCUT2D eigenvalue weighted by Crippen LogP contribution is 2.39. The van der Waals surface area contributed by atoms with Crippen LogP contribution in [0.1, 0.15) is 25.6 Å². The highest BCUT2D eigenvalue weighted by molar-refractivity contribution is 7.17. The van der Waals surface area contributed by atoms with Crippen molar-refractivity contribution >= 4 is 28.9 Å².